The molecule has 1 saturated heterocycles. The number of nitrogens with zero attached hydrogens (tertiary/aromatic N) is 3. The molecule has 1 N–H and O–H groups in total. The monoisotopic (exact) mass is 754 g/mol. The third-order valence-electron chi connectivity index (χ3n) is 10.3. The van der Waals surface area contributed by atoms with E-state index in [2.05, 4.69) is 4.98 Å². The number of carbonyl (C=O) groups excluding carboxylic acids is 4. The van der Waals surface area contributed by atoms with Crippen molar-refractivity contribution in [1.29, 1.82) is 5.26 Å². The first-order valence-corrected chi connectivity index (χ1v) is 19.3. The number of ether oxygens (including phenoxy) is 3. The van der Waals surface area contributed by atoms with E-state index in [1.54, 1.807) is 59.2 Å². The highest BCUT2D eigenvalue weighted by Crippen LogP contribution is 2.58. The number of carbonyl (C=O) groups is 4. The summed E-state index contributed by atoms with van der Waals surface area (Å²) in [7, 11) is -2.93. The number of nitriles is 1. The first-order valence-electron chi connectivity index (χ1n) is 17.9. The number of aromatic nitrogens is 1. The van der Waals surface area contributed by atoms with Crippen molar-refractivity contribution in [1.82, 2.24) is 14.6 Å². The quantitative estimate of drug-likeness (QED) is 0.260. The van der Waals surface area contributed by atoms with Gasteiger partial charge in [0.05, 0.1) is 49.1 Å². The van der Waals surface area contributed by atoms with Crippen molar-refractivity contribution in [2.24, 2.45) is 22.7 Å². The Labute approximate surface area is 311 Å². The zero-order valence-electron chi connectivity index (χ0n) is 31.7. The summed E-state index contributed by atoms with van der Waals surface area (Å²) in [5.74, 6) is -2.96. The fourth-order valence-electron chi connectivity index (χ4n) is 6.97. The Hall–Kier alpha value is -4.29. The van der Waals surface area contributed by atoms with Crippen LogP contribution in [-0.2, 0) is 38.4 Å². The van der Waals surface area contributed by atoms with Gasteiger partial charge in [0, 0.05) is 30.8 Å². The molecule has 0 radical (unpaired) electrons. The second kappa shape index (κ2) is 14.5. The van der Waals surface area contributed by atoms with Crippen LogP contribution in [0.2, 0.25) is 0 Å². The summed E-state index contributed by atoms with van der Waals surface area (Å²) in [6.07, 6.45) is 1.34. The number of hydrogen-bond acceptors (Lipinski definition) is 12. The molecule has 288 valence electrons. The number of Topliss-reactive ketones (excluding diaryl/α,β-unsaturated/α-hetero) is 1. The summed E-state index contributed by atoms with van der Waals surface area (Å²) in [5, 5.41) is 11.0. The number of hydrogen-bond donors (Lipinski definition) is 1. The molecule has 3 aliphatic rings. The molecule has 15 heteroatoms. The van der Waals surface area contributed by atoms with Gasteiger partial charge in [-0.1, -0.05) is 20.8 Å². The van der Waals surface area contributed by atoms with Crippen molar-refractivity contribution in [3.8, 4) is 17.7 Å². The van der Waals surface area contributed by atoms with Crippen LogP contribution in [0.3, 0.4) is 0 Å². The van der Waals surface area contributed by atoms with Crippen LogP contribution < -0.4 is 14.2 Å². The van der Waals surface area contributed by atoms with Crippen LogP contribution in [0, 0.1) is 34.0 Å². The Morgan fingerprint density at radius 1 is 1.11 bits per heavy atom. The van der Waals surface area contributed by atoms with Crippen molar-refractivity contribution in [2.75, 3.05) is 13.7 Å². The molecule has 2 amide bonds. The molecule has 0 bridgehead atoms. The summed E-state index contributed by atoms with van der Waals surface area (Å²) in [4.78, 5) is 61.5. The van der Waals surface area contributed by atoms with Crippen molar-refractivity contribution >= 4 is 44.6 Å². The molecule has 3 fully saturated rings. The standard InChI is InChI=1S/C38H50N4O10S/c1-35(2,3)28(19-31(44)51-36(4,5)6)33(45)42-22-26(50-32-27-10-9-25(49-8)17-23(27)12-16-40-32)18-29(42)30(43)21-38(20-24(38)11-15-39)34(46)41-53(47,48)52-37(7)13-14-37/h9-10,12,16-17,24,26,28-29H,11,13-14,18-22H2,1-8H3,(H,41,46)/t24-,26-,28-,29?,38-/m1/s1. The van der Waals surface area contributed by atoms with E-state index in [-0.39, 0.29) is 32.2 Å². The molecular weight excluding hydrogens is 705 g/mol. The van der Waals surface area contributed by atoms with E-state index < -0.39 is 86.3 Å². The Balaban J connectivity index is 1.44. The number of likely N-dealkylation sites (tertiary alicyclic amines) is 1. The first-order chi connectivity index (χ1) is 24.6. The zero-order chi connectivity index (χ0) is 39.1. The lowest BCUT2D eigenvalue weighted by atomic mass is 9.77. The first kappa shape index (κ1) is 39.9. The van der Waals surface area contributed by atoms with Crippen molar-refractivity contribution in [3.05, 3.63) is 30.5 Å². The molecule has 0 spiro atoms. The van der Waals surface area contributed by atoms with Gasteiger partial charge in [0.25, 0.3) is 0 Å². The van der Waals surface area contributed by atoms with Gasteiger partial charge in [-0.25, -0.2) is 13.9 Å². The smallest absolute Gasteiger partial charge is 0.362 e. The minimum absolute atomic E-state index is 0.0218. The summed E-state index contributed by atoms with van der Waals surface area (Å²) < 4.78 is 50.1. The summed E-state index contributed by atoms with van der Waals surface area (Å²) >= 11 is 0. The minimum Gasteiger partial charge on any atom is -0.497 e. The third-order valence-corrected chi connectivity index (χ3v) is 11.3. The van der Waals surface area contributed by atoms with Crippen LogP contribution in [0.5, 0.6) is 11.6 Å². The highest BCUT2D eigenvalue weighted by molar-refractivity contribution is 7.85. The van der Waals surface area contributed by atoms with E-state index in [1.807, 2.05) is 37.6 Å². The number of amides is 2. The van der Waals surface area contributed by atoms with Crippen LogP contribution >= 0.6 is 0 Å². The van der Waals surface area contributed by atoms with E-state index in [1.165, 1.54) is 4.90 Å². The summed E-state index contributed by atoms with van der Waals surface area (Å²) in [6.45, 7) is 12.3. The lowest BCUT2D eigenvalue weighted by Gasteiger charge is -2.35. The predicted octanol–water partition coefficient (Wildman–Crippen LogP) is 4.80. The van der Waals surface area contributed by atoms with E-state index in [0.717, 1.165) is 5.39 Å². The largest absolute Gasteiger partial charge is 0.497 e. The van der Waals surface area contributed by atoms with Crippen molar-refractivity contribution < 1.29 is 46.0 Å². The maximum Gasteiger partial charge on any atom is 0.362 e. The van der Waals surface area contributed by atoms with Gasteiger partial charge in [0.1, 0.15) is 17.5 Å². The number of methoxy groups -OCH3 is 1. The number of rotatable bonds is 14. The Morgan fingerprint density at radius 3 is 2.42 bits per heavy atom. The van der Waals surface area contributed by atoms with Gasteiger partial charge in [0.2, 0.25) is 17.7 Å². The minimum atomic E-state index is -4.49. The van der Waals surface area contributed by atoms with Crippen molar-refractivity contribution in [3.63, 3.8) is 0 Å². The van der Waals surface area contributed by atoms with Crippen LogP contribution in [0.25, 0.3) is 10.8 Å². The molecule has 2 aromatic rings. The molecule has 1 aromatic heterocycles. The number of esters is 1. The molecule has 2 heterocycles. The van der Waals surface area contributed by atoms with Gasteiger partial charge in [-0.05, 0) is 87.9 Å². The topological polar surface area (TPSA) is 191 Å². The van der Waals surface area contributed by atoms with Gasteiger partial charge in [-0.15, -0.1) is 0 Å². The lowest BCUT2D eigenvalue weighted by Crippen LogP contribution is -2.49. The number of ketones is 1. The normalized spacial score (nSPS) is 24.1. The average Bonchev–Trinajstić information content (AvgIpc) is 3.89. The Kier molecular flexibility index (Phi) is 10.9. The molecule has 5 atom stereocenters. The second-order valence-corrected chi connectivity index (χ2v) is 18.2. The van der Waals surface area contributed by atoms with Crippen LogP contribution in [0.4, 0.5) is 0 Å². The Bertz CT molecular complexity index is 1920. The molecule has 2 aliphatic carbocycles. The van der Waals surface area contributed by atoms with E-state index in [4.69, 9.17) is 18.4 Å². The maximum absolute atomic E-state index is 14.6. The highest BCUT2D eigenvalue weighted by atomic mass is 32.2. The average molecular weight is 755 g/mol. The molecule has 53 heavy (non-hydrogen) atoms. The summed E-state index contributed by atoms with van der Waals surface area (Å²) in [6, 6.07) is 8.15. The van der Waals surface area contributed by atoms with E-state index in [0.29, 0.717) is 29.9 Å². The molecule has 14 nitrogen and oxygen atoms in total. The molecule has 5 rings (SSSR count). The molecule has 1 aliphatic heterocycles. The van der Waals surface area contributed by atoms with Gasteiger partial charge >= 0.3 is 16.3 Å². The lowest BCUT2D eigenvalue weighted by molar-refractivity contribution is -0.161. The third kappa shape index (κ3) is 9.45. The molecule has 1 aromatic carbocycles. The second-order valence-electron chi connectivity index (χ2n) is 16.9. The molecule has 1 unspecified atom stereocenters. The van der Waals surface area contributed by atoms with Crippen molar-refractivity contribution in [2.45, 2.75) is 117 Å². The van der Waals surface area contributed by atoms with Gasteiger partial charge in [0.15, 0.2) is 5.78 Å². The van der Waals surface area contributed by atoms with Gasteiger partial charge in [-0.3, -0.25) is 19.2 Å². The Morgan fingerprint density at radius 2 is 1.81 bits per heavy atom. The van der Waals surface area contributed by atoms with Crippen LogP contribution in [-0.4, -0.2) is 78.9 Å². The molecule has 2 saturated carbocycles. The summed E-state index contributed by atoms with van der Waals surface area (Å²) in [5.41, 5.74) is -3.88. The van der Waals surface area contributed by atoms with Crippen LogP contribution in [0.15, 0.2) is 30.5 Å². The number of fused-ring (bicyclic) bond motifs is 1. The van der Waals surface area contributed by atoms with Gasteiger partial charge in [-0.2, -0.15) is 13.7 Å². The number of pyridine rings is 1. The van der Waals surface area contributed by atoms with E-state index >= 15 is 0 Å². The predicted molar refractivity (Wildman–Crippen MR) is 192 cm³/mol. The van der Waals surface area contributed by atoms with Gasteiger partial charge < -0.3 is 19.1 Å². The molecular formula is C38H50N4O10S. The maximum atomic E-state index is 14.6. The fourth-order valence-corrected chi connectivity index (χ4v) is 8.14. The van der Waals surface area contributed by atoms with E-state index in [9.17, 15) is 32.9 Å². The number of benzene rings is 1. The highest BCUT2D eigenvalue weighted by Gasteiger charge is 2.62. The SMILES string of the molecule is COc1ccc2c(O[C@@H]3CC(C(=O)C[C@]4(C(=O)NS(=O)(=O)OC5(C)CC5)C[C@H]4CC#N)N(C(=O)[C@@H](CC(=O)OC(C)(C)C)C(C)(C)C)C3)nccc2c1. The number of nitrogens with one attached hydrogen (secondary N) is 1. The van der Waals surface area contributed by atoms with Crippen LogP contribution in [0.1, 0.15) is 93.4 Å². The zero-order valence-corrected chi connectivity index (χ0v) is 32.5. The fraction of sp³-hybridized carbons (Fsp3) is 0.632.